The molecule has 4 rings (SSSR count). The number of amides is 2. The highest BCUT2D eigenvalue weighted by molar-refractivity contribution is 7.21. The van der Waals surface area contributed by atoms with Gasteiger partial charge in [-0.1, -0.05) is 0 Å². The van der Waals surface area contributed by atoms with Crippen LogP contribution >= 0.6 is 11.3 Å². The number of carbonyl (C=O) groups is 2. The molecule has 0 saturated carbocycles. The van der Waals surface area contributed by atoms with Gasteiger partial charge in [0.05, 0.1) is 11.9 Å². The molecule has 1 atom stereocenters. The minimum Gasteiger partial charge on any atom is -0.365 e. The van der Waals surface area contributed by atoms with Gasteiger partial charge in [0.25, 0.3) is 12.3 Å². The molecule has 38 heavy (non-hydrogen) atoms. The van der Waals surface area contributed by atoms with Crippen molar-refractivity contribution in [2.24, 2.45) is 5.73 Å². The molecule has 3 N–H and O–H groups in total. The van der Waals surface area contributed by atoms with Gasteiger partial charge in [0.15, 0.2) is 0 Å². The molecule has 0 aromatic carbocycles. The Kier molecular flexibility index (Phi) is 6.99. The second-order valence-corrected chi connectivity index (χ2v) is 9.48. The number of nitrogens with one attached hydrogen (secondary N) is 1. The lowest BCUT2D eigenvalue weighted by Gasteiger charge is -2.16. The summed E-state index contributed by atoms with van der Waals surface area (Å²) in [6, 6.07) is 0.849. The zero-order valence-electron chi connectivity index (χ0n) is 20.5. The number of alkyl halides is 5. The average Bonchev–Trinajstić information content (AvgIpc) is 3.52. The second kappa shape index (κ2) is 9.78. The number of hydrogen-bond acceptors (Lipinski definition) is 6. The van der Waals surface area contributed by atoms with Crippen LogP contribution in [0.1, 0.15) is 58.8 Å². The van der Waals surface area contributed by atoms with E-state index in [9.17, 15) is 31.5 Å². The first-order chi connectivity index (χ1) is 17.7. The molecule has 4 aromatic heterocycles. The standard InChI is InChI=1S/C23H22F5N7O2S/c1-5-34-10(3)13(8-30-34)12-7-15(23(26,27)28)31-22-16(12)17(18(38-22)20(29)36)32-21(37)11(4)35-9(2)6-14(33-35)19(24)25/h6-8,11,19H,5H2,1-4H3,(H2,29,36)(H,32,37). The van der Waals surface area contributed by atoms with Crippen LogP contribution in [0, 0.1) is 13.8 Å². The monoisotopic (exact) mass is 555 g/mol. The summed E-state index contributed by atoms with van der Waals surface area (Å²) in [7, 11) is 0. The fourth-order valence-electron chi connectivity index (χ4n) is 4.13. The summed E-state index contributed by atoms with van der Waals surface area (Å²) in [6.45, 7) is 6.83. The molecule has 0 saturated heterocycles. The van der Waals surface area contributed by atoms with E-state index in [1.54, 1.807) is 11.6 Å². The smallest absolute Gasteiger partial charge is 0.365 e. The van der Waals surface area contributed by atoms with E-state index in [2.05, 4.69) is 20.5 Å². The van der Waals surface area contributed by atoms with Gasteiger partial charge in [0.1, 0.15) is 27.1 Å². The molecule has 0 aliphatic rings. The van der Waals surface area contributed by atoms with Gasteiger partial charge in [0.2, 0.25) is 5.91 Å². The Morgan fingerprint density at radius 2 is 1.87 bits per heavy atom. The van der Waals surface area contributed by atoms with Crippen molar-refractivity contribution in [1.29, 1.82) is 0 Å². The number of rotatable bonds is 7. The Bertz CT molecular complexity index is 1550. The molecule has 0 aliphatic carbocycles. The first kappa shape index (κ1) is 27.2. The fraction of sp³-hybridized carbons (Fsp3) is 0.348. The van der Waals surface area contributed by atoms with Gasteiger partial charge in [-0.05, 0) is 45.4 Å². The van der Waals surface area contributed by atoms with Crippen LogP contribution in [0.25, 0.3) is 21.3 Å². The third-order valence-electron chi connectivity index (χ3n) is 6.03. The summed E-state index contributed by atoms with van der Waals surface area (Å²) in [5.41, 5.74) is 4.90. The van der Waals surface area contributed by atoms with Crippen LogP contribution < -0.4 is 11.1 Å². The van der Waals surface area contributed by atoms with Gasteiger partial charge in [0, 0.05) is 28.9 Å². The Morgan fingerprint density at radius 3 is 2.39 bits per heavy atom. The Labute approximate surface area is 216 Å². The number of pyridine rings is 1. The lowest BCUT2D eigenvalue weighted by atomic mass is 10.0. The van der Waals surface area contributed by atoms with E-state index in [4.69, 9.17) is 5.73 Å². The van der Waals surface area contributed by atoms with Gasteiger partial charge >= 0.3 is 6.18 Å². The first-order valence-corrected chi connectivity index (χ1v) is 12.1. The van der Waals surface area contributed by atoms with E-state index in [-0.39, 0.29) is 32.0 Å². The summed E-state index contributed by atoms with van der Waals surface area (Å²) in [5.74, 6) is -1.75. The van der Waals surface area contributed by atoms with Crippen molar-refractivity contribution in [2.75, 3.05) is 5.32 Å². The van der Waals surface area contributed by atoms with Crippen molar-refractivity contribution in [3.8, 4) is 11.1 Å². The predicted octanol–water partition coefficient (Wildman–Crippen LogP) is 5.25. The van der Waals surface area contributed by atoms with Crippen LogP contribution in [0.3, 0.4) is 0 Å². The molecule has 0 aliphatic heterocycles. The number of aryl methyl sites for hydroxylation is 2. The molecule has 4 heterocycles. The maximum absolute atomic E-state index is 13.7. The Hall–Kier alpha value is -3.88. The summed E-state index contributed by atoms with van der Waals surface area (Å²) < 4.78 is 70.1. The Morgan fingerprint density at radius 1 is 1.18 bits per heavy atom. The van der Waals surface area contributed by atoms with Crippen molar-refractivity contribution in [3.63, 3.8) is 0 Å². The summed E-state index contributed by atoms with van der Waals surface area (Å²) in [4.78, 5) is 28.8. The largest absolute Gasteiger partial charge is 0.433 e. The van der Waals surface area contributed by atoms with Crippen LogP contribution in [-0.2, 0) is 17.5 Å². The number of aromatic nitrogens is 5. The molecule has 0 spiro atoms. The van der Waals surface area contributed by atoms with E-state index in [1.165, 1.54) is 20.0 Å². The molecule has 15 heteroatoms. The summed E-state index contributed by atoms with van der Waals surface area (Å²) >= 11 is 0.601. The number of carbonyl (C=O) groups excluding carboxylic acids is 2. The lowest BCUT2D eigenvalue weighted by Crippen LogP contribution is -2.26. The quantitative estimate of drug-likeness (QED) is 0.302. The molecule has 0 bridgehead atoms. The zero-order valence-corrected chi connectivity index (χ0v) is 21.3. The highest BCUT2D eigenvalue weighted by Crippen LogP contribution is 2.44. The second-order valence-electron chi connectivity index (χ2n) is 8.48. The van der Waals surface area contributed by atoms with Crippen LogP contribution in [0.5, 0.6) is 0 Å². The molecular formula is C23H22F5N7O2S. The lowest BCUT2D eigenvalue weighted by molar-refractivity contribution is -0.140. The van der Waals surface area contributed by atoms with Gasteiger partial charge in [-0.3, -0.25) is 19.0 Å². The third kappa shape index (κ3) is 4.73. The fourth-order valence-corrected chi connectivity index (χ4v) is 5.14. The highest BCUT2D eigenvalue weighted by atomic mass is 32.1. The molecule has 4 aromatic rings. The number of anilines is 1. The van der Waals surface area contributed by atoms with Crippen molar-refractivity contribution in [3.05, 3.63) is 46.0 Å². The summed E-state index contributed by atoms with van der Waals surface area (Å²) in [6.07, 6.45) is -6.26. The third-order valence-corrected chi connectivity index (χ3v) is 7.13. The SMILES string of the molecule is CCn1ncc(-c2cc(C(F)(F)F)nc3sc(C(N)=O)c(NC(=O)C(C)n4nc(C(F)F)cc4C)c23)c1C. The molecule has 202 valence electrons. The number of hydrogen-bond donors (Lipinski definition) is 2. The van der Waals surface area contributed by atoms with E-state index in [1.807, 2.05) is 6.92 Å². The molecule has 2 amide bonds. The summed E-state index contributed by atoms with van der Waals surface area (Å²) in [5, 5.41) is 10.6. The number of halogens is 5. The maximum atomic E-state index is 13.7. The van der Waals surface area contributed by atoms with Gasteiger partial charge < -0.3 is 11.1 Å². The van der Waals surface area contributed by atoms with Crippen LogP contribution in [0.15, 0.2) is 18.3 Å². The molecular weight excluding hydrogens is 533 g/mol. The van der Waals surface area contributed by atoms with Crippen molar-refractivity contribution in [1.82, 2.24) is 24.5 Å². The van der Waals surface area contributed by atoms with Crippen molar-refractivity contribution >= 4 is 39.1 Å². The first-order valence-electron chi connectivity index (χ1n) is 11.3. The highest BCUT2D eigenvalue weighted by Gasteiger charge is 2.36. The van der Waals surface area contributed by atoms with Crippen molar-refractivity contribution in [2.45, 2.75) is 52.9 Å². The van der Waals surface area contributed by atoms with E-state index >= 15 is 0 Å². The van der Waals surface area contributed by atoms with E-state index in [0.29, 0.717) is 29.1 Å². The number of fused-ring (bicyclic) bond motifs is 1. The molecule has 0 fully saturated rings. The number of primary amides is 1. The average molecular weight is 556 g/mol. The molecule has 0 radical (unpaired) electrons. The van der Waals surface area contributed by atoms with Crippen LogP contribution in [-0.4, -0.2) is 36.4 Å². The number of nitrogens with two attached hydrogens (primary N) is 1. The van der Waals surface area contributed by atoms with Gasteiger partial charge in [-0.2, -0.15) is 23.4 Å². The predicted molar refractivity (Wildman–Crippen MR) is 130 cm³/mol. The number of nitrogens with zero attached hydrogens (tertiary/aromatic N) is 5. The Balaban J connectivity index is 1.91. The van der Waals surface area contributed by atoms with Gasteiger partial charge in [-0.15, -0.1) is 11.3 Å². The molecule has 9 nitrogen and oxygen atoms in total. The topological polar surface area (TPSA) is 121 Å². The zero-order chi connectivity index (χ0) is 28.1. The maximum Gasteiger partial charge on any atom is 0.433 e. The van der Waals surface area contributed by atoms with Crippen molar-refractivity contribution < 1.29 is 31.5 Å². The normalized spacial score (nSPS) is 12.9. The van der Waals surface area contributed by atoms with Gasteiger partial charge in [-0.25, -0.2) is 13.8 Å². The van der Waals surface area contributed by atoms with Crippen LogP contribution in [0.4, 0.5) is 27.6 Å². The van der Waals surface area contributed by atoms with Crippen LogP contribution in [0.2, 0.25) is 0 Å². The minimum atomic E-state index is -4.80. The van der Waals surface area contributed by atoms with E-state index in [0.717, 1.165) is 16.8 Å². The number of thiophene rings is 1. The van der Waals surface area contributed by atoms with E-state index < -0.39 is 41.8 Å². The molecule has 1 unspecified atom stereocenters. The minimum absolute atomic E-state index is 0.0430.